The van der Waals surface area contributed by atoms with Crippen LogP contribution in [0.3, 0.4) is 0 Å². The van der Waals surface area contributed by atoms with E-state index in [0.717, 1.165) is 17.8 Å². The molecule has 0 saturated heterocycles. The van der Waals surface area contributed by atoms with E-state index in [-0.39, 0.29) is 16.1 Å². The lowest BCUT2D eigenvalue weighted by atomic mass is 10.2. The standard InChI is InChI=1S/C13H13N3O4S/c1-8-2-4-10(7-15-8)16-21(19,20)12-5-3-9(13(17)18)6-11(12)14/h2-7,16H,14H2,1H3,(H,17,18). The molecule has 0 aliphatic heterocycles. The van der Waals surface area contributed by atoms with Crippen LogP contribution in [0, 0.1) is 6.92 Å². The number of hydrogen-bond acceptors (Lipinski definition) is 5. The summed E-state index contributed by atoms with van der Waals surface area (Å²) in [5.74, 6) is -1.18. The third kappa shape index (κ3) is 3.29. The van der Waals surface area contributed by atoms with Gasteiger partial charge in [-0.05, 0) is 37.3 Å². The van der Waals surface area contributed by atoms with E-state index in [9.17, 15) is 13.2 Å². The number of anilines is 2. The molecule has 0 radical (unpaired) electrons. The molecule has 0 amide bonds. The van der Waals surface area contributed by atoms with Gasteiger partial charge in [0.1, 0.15) is 4.90 Å². The number of rotatable bonds is 4. The predicted molar refractivity (Wildman–Crippen MR) is 77.6 cm³/mol. The van der Waals surface area contributed by atoms with E-state index in [1.165, 1.54) is 12.3 Å². The highest BCUT2D eigenvalue weighted by Crippen LogP contribution is 2.22. The highest BCUT2D eigenvalue weighted by molar-refractivity contribution is 7.92. The lowest BCUT2D eigenvalue weighted by molar-refractivity contribution is 0.0697. The number of aryl methyl sites for hydroxylation is 1. The molecule has 0 aliphatic carbocycles. The number of benzene rings is 1. The lowest BCUT2D eigenvalue weighted by Crippen LogP contribution is -2.15. The van der Waals surface area contributed by atoms with Crippen molar-refractivity contribution in [2.24, 2.45) is 0 Å². The first-order valence-electron chi connectivity index (χ1n) is 5.88. The van der Waals surface area contributed by atoms with Crippen LogP contribution in [0.5, 0.6) is 0 Å². The van der Waals surface area contributed by atoms with Gasteiger partial charge < -0.3 is 10.8 Å². The number of nitrogens with two attached hydrogens (primary N) is 1. The Kier molecular flexibility index (Phi) is 3.81. The van der Waals surface area contributed by atoms with Crippen LogP contribution in [0.2, 0.25) is 0 Å². The second-order valence-corrected chi connectivity index (χ2v) is 6.00. The molecule has 0 bridgehead atoms. The molecule has 7 nitrogen and oxygen atoms in total. The molecule has 0 aliphatic rings. The van der Waals surface area contributed by atoms with E-state index in [4.69, 9.17) is 10.8 Å². The lowest BCUT2D eigenvalue weighted by Gasteiger charge is -2.10. The number of aromatic carboxylic acids is 1. The third-order valence-corrected chi connectivity index (χ3v) is 4.17. The van der Waals surface area contributed by atoms with Crippen LogP contribution in [0.15, 0.2) is 41.4 Å². The van der Waals surface area contributed by atoms with Crippen molar-refractivity contribution in [3.8, 4) is 0 Å². The Labute approximate surface area is 121 Å². The van der Waals surface area contributed by atoms with Crippen LogP contribution in [0.4, 0.5) is 11.4 Å². The third-order valence-electron chi connectivity index (χ3n) is 2.71. The number of pyridine rings is 1. The van der Waals surface area contributed by atoms with Gasteiger partial charge in [-0.1, -0.05) is 0 Å². The molecule has 0 fully saturated rings. The summed E-state index contributed by atoms with van der Waals surface area (Å²) in [4.78, 5) is 14.6. The summed E-state index contributed by atoms with van der Waals surface area (Å²) >= 11 is 0. The molecule has 8 heteroatoms. The first-order chi connectivity index (χ1) is 9.79. The van der Waals surface area contributed by atoms with Crippen molar-refractivity contribution in [3.63, 3.8) is 0 Å². The Balaban J connectivity index is 2.35. The van der Waals surface area contributed by atoms with Gasteiger partial charge in [0.2, 0.25) is 0 Å². The molecule has 0 atom stereocenters. The van der Waals surface area contributed by atoms with Crippen LogP contribution in [0.25, 0.3) is 0 Å². The van der Waals surface area contributed by atoms with Crippen LogP contribution in [0.1, 0.15) is 16.1 Å². The Hall–Kier alpha value is -2.61. The second kappa shape index (κ2) is 5.41. The maximum absolute atomic E-state index is 12.2. The Morgan fingerprint density at radius 3 is 2.52 bits per heavy atom. The highest BCUT2D eigenvalue weighted by atomic mass is 32.2. The molecule has 1 heterocycles. The molecule has 21 heavy (non-hydrogen) atoms. The van der Waals surface area contributed by atoms with Crippen molar-refractivity contribution in [1.29, 1.82) is 0 Å². The Morgan fingerprint density at radius 2 is 2.00 bits per heavy atom. The topological polar surface area (TPSA) is 122 Å². The number of nitrogen functional groups attached to an aromatic ring is 1. The molecule has 1 aromatic carbocycles. The van der Waals surface area contributed by atoms with Crippen molar-refractivity contribution >= 4 is 27.4 Å². The quantitative estimate of drug-likeness (QED) is 0.735. The fourth-order valence-corrected chi connectivity index (χ4v) is 2.82. The number of hydrogen-bond donors (Lipinski definition) is 3. The summed E-state index contributed by atoms with van der Waals surface area (Å²) in [6.07, 6.45) is 1.38. The van der Waals surface area contributed by atoms with E-state index >= 15 is 0 Å². The summed E-state index contributed by atoms with van der Waals surface area (Å²) < 4.78 is 26.8. The van der Waals surface area contributed by atoms with Gasteiger partial charge in [-0.15, -0.1) is 0 Å². The average Bonchev–Trinajstić information content (AvgIpc) is 2.40. The molecule has 0 spiro atoms. The van der Waals surface area contributed by atoms with E-state index < -0.39 is 16.0 Å². The number of nitrogens with one attached hydrogen (secondary N) is 1. The van der Waals surface area contributed by atoms with Crippen molar-refractivity contribution in [2.45, 2.75) is 11.8 Å². The Morgan fingerprint density at radius 1 is 1.29 bits per heavy atom. The summed E-state index contributed by atoms with van der Waals surface area (Å²) in [5, 5.41) is 8.84. The molecular weight excluding hydrogens is 294 g/mol. The average molecular weight is 307 g/mol. The van der Waals surface area contributed by atoms with Crippen LogP contribution in [-0.4, -0.2) is 24.5 Å². The van der Waals surface area contributed by atoms with Crippen molar-refractivity contribution in [2.75, 3.05) is 10.5 Å². The van der Waals surface area contributed by atoms with Gasteiger partial charge in [-0.25, -0.2) is 13.2 Å². The van der Waals surface area contributed by atoms with Gasteiger partial charge in [-0.3, -0.25) is 9.71 Å². The fourth-order valence-electron chi connectivity index (χ4n) is 1.66. The number of carboxylic acid groups (broad SMARTS) is 1. The normalized spacial score (nSPS) is 11.1. The number of sulfonamides is 1. The van der Waals surface area contributed by atoms with Crippen molar-refractivity contribution in [3.05, 3.63) is 47.8 Å². The molecule has 0 unspecified atom stereocenters. The number of aromatic nitrogens is 1. The van der Waals surface area contributed by atoms with Gasteiger partial charge in [0.05, 0.1) is 23.1 Å². The molecule has 110 valence electrons. The van der Waals surface area contributed by atoms with Gasteiger partial charge in [0.15, 0.2) is 0 Å². The summed E-state index contributed by atoms with van der Waals surface area (Å²) in [5.41, 5.74) is 6.46. The number of carboxylic acids is 1. The SMILES string of the molecule is Cc1ccc(NS(=O)(=O)c2ccc(C(=O)O)cc2N)cn1. The maximum Gasteiger partial charge on any atom is 0.335 e. The molecule has 0 saturated carbocycles. The van der Waals surface area contributed by atoms with Crippen LogP contribution in [-0.2, 0) is 10.0 Å². The molecule has 1 aromatic heterocycles. The number of carbonyl (C=O) groups is 1. The highest BCUT2D eigenvalue weighted by Gasteiger charge is 2.19. The Bertz CT molecular complexity index is 786. The molecule has 2 aromatic rings. The summed E-state index contributed by atoms with van der Waals surface area (Å²) in [7, 11) is -3.91. The van der Waals surface area contributed by atoms with Crippen molar-refractivity contribution < 1.29 is 18.3 Å². The first-order valence-corrected chi connectivity index (χ1v) is 7.36. The minimum atomic E-state index is -3.91. The molecular formula is C13H13N3O4S. The van der Waals surface area contributed by atoms with E-state index in [1.807, 2.05) is 0 Å². The fraction of sp³-hybridized carbons (Fsp3) is 0.0769. The predicted octanol–water partition coefficient (Wildman–Crippen LogP) is 1.47. The second-order valence-electron chi connectivity index (χ2n) is 4.35. The maximum atomic E-state index is 12.2. The van der Waals surface area contributed by atoms with Crippen molar-refractivity contribution in [1.82, 2.24) is 4.98 Å². The zero-order valence-corrected chi connectivity index (χ0v) is 11.9. The van der Waals surface area contributed by atoms with E-state index in [2.05, 4.69) is 9.71 Å². The van der Waals surface area contributed by atoms with Gasteiger partial charge in [0, 0.05) is 5.69 Å². The largest absolute Gasteiger partial charge is 0.478 e. The molecule has 4 N–H and O–H groups in total. The summed E-state index contributed by atoms with van der Waals surface area (Å²) in [6.45, 7) is 1.78. The minimum absolute atomic E-state index is 0.0801. The van der Waals surface area contributed by atoms with Crippen LogP contribution >= 0.6 is 0 Å². The summed E-state index contributed by atoms with van der Waals surface area (Å²) in [6, 6.07) is 6.67. The molecule has 2 rings (SSSR count). The zero-order chi connectivity index (χ0) is 15.6. The van der Waals surface area contributed by atoms with Crippen LogP contribution < -0.4 is 10.5 Å². The monoisotopic (exact) mass is 307 g/mol. The van der Waals surface area contributed by atoms with Gasteiger partial charge in [0.25, 0.3) is 10.0 Å². The zero-order valence-electron chi connectivity index (χ0n) is 11.1. The minimum Gasteiger partial charge on any atom is -0.478 e. The van der Waals surface area contributed by atoms with E-state index in [1.54, 1.807) is 19.1 Å². The van der Waals surface area contributed by atoms with Gasteiger partial charge >= 0.3 is 5.97 Å². The van der Waals surface area contributed by atoms with E-state index in [0.29, 0.717) is 5.69 Å². The van der Waals surface area contributed by atoms with Gasteiger partial charge in [-0.2, -0.15) is 0 Å². The smallest absolute Gasteiger partial charge is 0.335 e. The number of nitrogens with zero attached hydrogens (tertiary/aromatic N) is 1. The first kappa shape index (κ1) is 14.8.